The largest absolute Gasteiger partial charge is 0.743 e. The van der Waals surface area contributed by atoms with Gasteiger partial charge in [-0.3, -0.25) is 0 Å². The standard InChI is InChI=1S/C11H10F8O8S/c1-5(12)6(20)27-9(7(21)22,10(15,16)17)26-4-2-3-8(13,14)11(18,19)28(23,24)25/h1-4H2,(H,21,22)(H,23,24,25)/p-1. The van der Waals surface area contributed by atoms with E-state index < -0.39 is 70.5 Å². The van der Waals surface area contributed by atoms with Gasteiger partial charge in [0.25, 0.3) is 0 Å². The molecule has 0 saturated heterocycles. The van der Waals surface area contributed by atoms with Gasteiger partial charge in [-0.05, 0) is 6.42 Å². The highest BCUT2D eigenvalue weighted by atomic mass is 32.2. The molecule has 0 aromatic rings. The summed E-state index contributed by atoms with van der Waals surface area (Å²) in [5, 5.41) is 2.49. The molecular formula is C11H9F8O8S-. The topological polar surface area (TPSA) is 130 Å². The van der Waals surface area contributed by atoms with E-state index in [-0.39, 0.29) is 0 Å². The molecule has 0 saturated carbocycles. The lowest BCUT2D eigenvalue weighted by Crippen LogP contribution is -2.57. The molecule has 0 bridgehead atoms. The molecule has 0 aromatic carbocycles. The van der Waals surface area contributed by atoms with E-state index in [2.05, 4.69) is 16.1 Å². The van der Waals surface area contributed by atoms with Crippen LogP contribution in [0.1, 0.15) is 12.8 Å². The molecule has 1 N–H and O–H groups in total. The van der Waals surface area contributed by atoms with Crippen LogP contribution in [0, 0.1) is 0 Å². The smallest absolute Gasteiger partial charge is 0.468 e. The Kier molecular flexibility index (Phi) is 7.57. The SMILES string of the molecule is C=C(F)C(=O)OC(OCCCC(F)(F)C(F)(F)S(=O)(=O)[O-])(C(=O)O)C(F)(F)F. The van der Waals surface area contributed by atoms with Gasteiger partial charge in [0.2, 0.25) is 5.83 Å². The molecule has 0 heterocycles. The molecule has 8 nitrogen and oxygen atoms in total. The first-order valence-corrected chi connectivity index (χ1v) is 7.86. The van der Waals surface area contributed by atoms with Gasteiger partial charge in [0, 0.05) is 6.42 Å². The highest BCUT2D eigenvalue weighted by Crippen LogP contribution is 2.42. The number of hydrogen-bond donors (Lipinski definition) is 1. The molecule has 164 valence electrons. The molecule has 0 aromatic heterocycles. The maximum atomic E-state index is 13.2. The van der Waals surface area contributed by atoms with Crippen molar-refractivity contribution in [2.45, 2.75) is 36.0 Å². The number of halogens is 8. The Morgan fingerprint density at radius 1 is 1.07 bits per heavy atom. The van der Waals surface area contributed by atoms with Gasteiger partial charge in [-0.25, -0.2) is 18.0 Å². The summed E-state index contributed by atoms with van der Waals surface area (Å²) in [5.74, 6) is -18.3. The zero-order chi connectivity index (χ0) is 22.8. The summed E-state index contributed by atoms with van der Waals surface area (Å²) < 4.78 is 141. The van der Waals surface area contributed by atoms with E-state index in [0.717, 1.165) is 0 Å². The van der Waals surface area contributed by atoms with Crippen LogP contribution in [0.3, 0.4) is 0 Å². The van der Waals surface area contributed by atoms with Gasteiger partial charge in [0.05, 0.1) is 6.61 Å². The molecule has 1 unspecified atom stereocenters. The van der Waals surface area contributed by atoms with Crippen molar-refractivity contribution in [2.24, 2.45) is 0 Å². The van der Waals surface area contributed by atoms with E-state index in [9.17, 15) is 57.7 Å². The van der Waals surface area contributed by atoms with Gasteiger partial charge in [-0.15, -0.1) is 0 Å². The third-order valence-corrected chi connectivity index (χ3v) is 3.72. The lowest BCUT2D eigenvalue weighted by molar-refractivity contribution is -0.353. The number of carbonyl (C=O) groups excluding carboxylic acids is 1. The number of ether oxygens (including phenoxy) is 2. The second-order valence-electron chi connectivity index (χ2n) is 4.84. The normalized spacial score (nSPS) is 15.6. The van der Waals surface area contributed by atoms with Crippen molar-refractivity contribution in [3.8, 4) is 0 Å². The van der Waals surface area contributed by atoms with Crippen molar-refractivity contribution >= 4 is 22.1 Å². The zero-order valence-corrected chi connectivity index (χ0v) is 13.9. The number of hydrogen-bond acceptors (Lipinski definition) is 7. The Bertz CT molecular complexity index is 731. The maximum Gasteiger partial charge on any atom is 0.468 e. The summed E-state index contributed by atoms with van der Waals surface area (Å²) in [4.78, 5) is 21.7. The van der Waals surface area contributed by atoms with Crippen LogP contribution < -0.4 is 0 Å². The van der Waals surface area contributed by atoms with Crippen molar-refractivity contribution in [3.63, 3.8) is 0 Å². The fourth-order valence-electron chi connectivity index (χ4n) is 1.42. The van der Waals surface area contributed by atoms with Crippen LogP contribution in [0.5, 0.6) is 0 Å². The molecule has 0 aliphatic rings. The van der Waals surface area contributed by atoms with E-state index in [4.69, 9.17) is 5.11 Å². The average molecular weight is 453 g/mol. The Morgan fingerprint density at radius 3 is 1.86 bits per heavy atom. The molecule has 0 spiro atoms. The number of alkyl halides is 7. The number of aliphatic carboxylic acids is 1. The lowest BCUT2D eigenvalue weighted by atomic mass is 10.2. The first kappa shape index (κ1) is 26.0. The number of rotatable bonds is 10. The average Bonchev–Trinajstić information content (AvgIpc) is 2.46. The van der Waals surface area contributed by atoms with Crippen molar-refractivity contribution in [3.05, 3.63) is 12.4 Å². The molecule has 28 heavy (non-hydrogen) atoms. The summed E-state index contributed by atoms with van der Waals surface area (Å²) >= 11 is 0. The minimum atomic E-state index is -6.86. The Balaban J connectivity index is 5.45. The van der Waals surface area contributed by atoms with Crippen molar-refractivity contribution in [1.29, 1.82) is 0 Å². The highest BCUT2D eigenvalue weighted by Gasteiger charge is 2.67. The Hall–Kier alpha value is -2.01. The predicted octanol–water partition coefficient (Wildman–Crippen LogP) is 1.93. The molecule has 0 rings (SSSR count). The Morgan fingerprint density at radius 2 is 1.54 bits per heavy atom. The fourth-order valence-corrected chi connectivity index (χ4v) is 1.89. The molecule has 0 fully saturated rings. The molecule has 0 amide bonds. The number of carboxylic acid groups (broad SMARTS) is 1. The predicted molar refractivity (Wildman–Crippen MR) is 67.5 cm³/mol. The van der Waals surface area contributed by atoms with E-state index in [1.165, 1.54) is 0 Å². The van der Waals surface area contributed by atoms with Crippen LogP contribution in [0.25, 0.3) is 0 Å². The summed E-state index contributed by atoms with van der Waals surface area (Å²) in [6, 6.07) is 0. The monoisotopic (exact) mass is 453 g/mol. The summed E-state index contributed by atoms with van der Waals surface area (Å²) in [5.41, 5.74) is 0. The van der Waals surface area contributed by atoms with Crippen LogP contribution in [0.2, 0.25) is 0 Å². The molecule has 0 aliphatic heterocycles. The van der Waals surface area contributed by atoms with E-state index >= 15 is 0 Å². The third kappa shape index (κ3) is 5.28. The van der Waals surface area contributed by atoms with Crippen LogP contribution in [0.4, 0.5) is 35.1 Å². The third-order valence-electron chi connectivity index (χ3n) is 2.79. The van der Waals surface area contributed by atoms with Gasteiger partial charge in [-0.1, -0.05) is 6.58 Å². The minimum Gasteiger partial charge on any atom is -0.743 e. The number of esters is 1. The van der Waals surface area contributed by atoms with Gasteiger partial charge >= 0.3 is 35.1 Å². The first-order valence-electron chi connectivity index (χ1n) is 6.46. The second-order valence-corrected chi connectivity index (χ2v) is 6.26. The van der Waals surface area contributed by atoms with Gasteiger partial charge in [-0.2, -0.15) is 35.1 Å². The van der Waals surface area contributed by atoms with Crippen LogP contribution in [-0.4, -0.2) is 59.8 Å². The minimum absolute atomic E-state index is 1.57. The molecule has 1 atom stereocenters. The number of carboxylic acids is 1. The molecular weight excluding hydrogens is 444 g/mol. The summed E-state index contributed by atoms with van der Waals surface area (Å²) in [6.07, 6.45) is -9.93. The van der Waals surface area contributed by atoms with Gasteiger partial charge < -0.3 is 19.1 Å². The van der Waals surface area contributed by atoms with Crippen LogP contribution in [0.15, 0.2) is 12.4 Å². The lowest BCUT2D eigenvalue weighted by Gasteiger charge is -2.31. The van der Waals surface area contributed by atoms with Crippen molar-refractivity contribution in [2.75, 3.05) is 6.61 Å². The van der Waals surface area contributed by atoms with E-state index in [0.29, 0.717) is 0 Å². The molecule has 17 heteroatoms. The van der Waals surface area contributed by atoms with Crippen LogP contribution in [-0.2, 0) is 29.2 Å². The summed E-state index contributed by atoms with van der Waals surface area (Å²) in [6.45, 7) is 0.458. The van der Waals surface area contributed by atoms with E-state index in [1.54, 1.807) is 0 Å². The van der Waals surface area contributed by atoms with Crippen LogP contribution >= 0.6 is 0 Å². The quantitative estimate of drug-likeness (QED) is 0.133. The van der Waals surface area contributed by atoms with Gasteiger partial charge in [0.15, 0.2) is 10.1 Å². The Labute approximate surface area is 150 Å². The van der Waals surface area contributed by atoms with Crippen molar-refractivity contribution < 1.29 is 72.3 Å². The molecule has 0 aliphatic carbocycles. The van der Waals surface area contributed by atoms with Crippen molar-refractivity contribution in [1.82, 2.24) is 0 Å². The van der Waals surface area contributed by atoms with E-state index in [1.807, 2.05) is 0 Å². The highest BCUT2D eigenvalue weighted by molar-refractivity contribution is 7.86. The molecule has 0 radical (unpaired) electrons. The number of carbonyl (C=O) groups is 2. The first-order chi connectivity index (χ1) is 12.2. The maximum absolute atomic E-state index is 13.2. The fraction of sp³-hybridized carbons (Fsp3) is 0.636. The zero-order valence-electron chi connectivity index (χ0n) is 13.1. The second kappa shape index (κ2) is 8.16. The van der Waals surface area contributed by atoms with Gasteiger partial charge in [0.1, 0.15) is 0 Å². The summed E-state index contributed by atoms with van der Waals surface area (Å²) in [7, 11) is -6.86.